The lowest BCUT2D eigenvalue weighted by molar-refractivity contribution is -0.137. The molecule has 1 aromatic carbocycles. The van der Waals surface area contributed by atoms with Crippen LogP contribution in [0.5, 0.6) is 0 Å². The summed E-state index contributed by atoms with van der Waals surface area (Å²) in [7, 11) is 0. The molecule has 0 aliphatic heterocycles. The zero-order chi connectivity index (χ0) is 13.4. The number of carboxylic acids is 1. The molecular weight excluding hydrogens is 247 g/mol. The van der Waals surface area contributed by atoms with E-state index >= 15 is 0 Å². The van der Waals surface area contributed by atoms with Crippen molar-refractivity contribution in [3.8, 4) is 0 Å². The highest BCUT2D eigenvalue weighted by atomic mass is 19.1. The number of aryl methyl sites for hydroxylation is 1. The van der Waals surface area contributed by atoms with E-state index in [2.05, 4.69) is 9.55 Å². The summed E-state index contributed by atoms with van der Waals surface area (Å²) in [6.07, 6.45) is 3.51. The molecule has 5 heteroatoms. The Labute approximate surface area is 109 Å². The largest absolute Gasteiger partial charge is 0.481 e. The minimum Gasteiger partial charge on any atom is -0.481 e. The molecule has 19 heavy (non-hydrogen) atoms. The molecule has 1 aliphatic rings. The monoisotopic (exact) mass is 262 g/mol. The molecule has 0 unspecified atom stereocenters. The highest BCUT2D eigenvalue weighted by Gasteiger charge is 2.28. The maximum atomic E-state index is 13.3. The standard InChI is InChI=1S/C14H15FN2O2/c15-9-4-7-11-12(8-9)17(10-5-6-10)13(16-11)2-1-3-14(18)19/h4,7-8,10H,1-3,5-6H2,(H,18,19). The third-order valence-corrected chi connectivity index (χ3v) is 3.43. The van der Waals surface area contributed by atoms with Crippen molar-refractivity contribution in [2.75, 3.05) is 0 Å². The Morgan fingerprint density at radius 1 is 1.47 bits per heavy atom. The molecule has 0 amide bonds. The van der Waals surface area contributed by atoms with Gasteiger partial charge in [0.2, 0.25) is 0 Å². The third-order valence-electron chi connectivity index (χ3n) is 3.43. The maximum Gasteiger partial charge on any atom is 0.303 e. The molecule has 100 valence electrons. The van der Waals surface area contributed by atoms with Crippen molar-refractivity contribution in [2.24, 2.45) is 0 Å². The predicted molar refractivity (Wildman–Crippen MR) is 68.5 cm³/mol. The highest BCUT2D eigenvalue weighted by molar-refractivity contribution is 5.76. The van der Waals surface area contributed by atoms with Gasteiger partial charge in [-0.3, -0.25) is 4.79 Å². The molecule has 1 heterocycles. The minimum absolute atomic E-state index is 0.141. The molecule has 4 nitrogen and oxygen atoms in total. The fourth-order valence-corrected chi connectivity index (χ4v) is 2.43. The van der Waals surface area contributed by atoms with E-state index in [9.17, 15) is 9.18 Å². The van der Waals surface area contributed by atoms with Crippen LogP contribution in [-0.4, -0.2) is 20.6 Å². The van der Waals surface area contributed by atoms with Crippen molar-refractivity contribution in [1.82, 2.24) is 9.55 Å². The van der Waals surface area contributed by atoms with E-state index in [0.717, 1.165) is 29.7 Å². The number of imidazole rings is 1. The lowest BCUT2D eigenvalue weighted by atomic mass is 10.2. The van der Waals surface area contributed by atoms with E-state index in [1.807, 2.05) is 0 Å². The van der Waals surface area contributed by atoms with Crippen molar-refractivity contribution in [3.05, 3.63) is 29.8 Å². The van der Waals surface area contributed by atoms with Crippen LogP contribution in [0.25, 0.3) is 11.0 Å². The average Bonchev–Trinajstić information content (AvgIpc) is 3.11. The first kappa shape index (κ1) is 12.1. The number of fused-ring (bicyclic) bond motifs is 1. The summed E-state index contributed by atoms with van der Waals surface area (Å²) >= 11 is 0. The van der Waals surface area contributed by atoms with Gasteiger partial charge in [-0.15, -0.1) is 0 Å². The molecule has 1 fully saturated rings. The minimum atomic E-state index is -0.792. The quantitative estimate of drug-likeness (QED) is 0.901. The van der Waals surface area contributed by atoms with Crippen LogP contribution >= 0.6 is 0 Å². The number of halogens is 1. The van der Waals surface area contributed by atoms with Gasteiger partial charge in [-0.05, 0) is 37.5 Å². The first-order chi connectivity index (χ1) is 9.15. The predicted octanol–water partition coefficient (Wildman–Crippen LogP) is 2.92. The second-order valence-corrected chi connectivity index (χ2v) is 5.01. The second kappa shape index (κ2) is 4.64. The topological polar surface area (TPSA) is 55.1 Å². The van der Waals surface area contributed by atoms with E-state index < -0.39 is 5.97 Å². The van der Waals surface area contributed by atoms with Crippen molar-refractivity contribution in [1.29, 1.82) is 0 Å². The summed E-state index contributed by atoms with van der Waals surface area (Å²) in [5, 5.41) is 8.68. The second-order valence-electron chi connectivity index (χ2n) is 5.01. The Kier molecular flexibility index (Phi) is 2.97. The molecule has 0 atom stereocenters. The fraction of sp³-hybridized carbons (Fsp3) is 0.429. The third kappa shape index (κ3) is 2.45. The molecule has 0 spiro atoms. The smallest absolute Gasteiger partial charge is 0.303 e. The molecule has 3 rings (SSSR count). The zero-order valence-electron chi connectivity index (χ0n) is 10.5. The van der Waals surface area contributed by atoms with Crippen molar-refractivity contribution in [3.63, 3.8) is 0 Å². The van der Waals surface area contributed by atoms with E-state index in [0.29, 0.717) is 18.9 Å². The Hall–Kier alpha value is -1.91. The van der Waals surface area contributed by atoms with Crippen LogP contribution in [0.1, 0.15) is 37.5 Å². The van der Waals surface area contributed by atoms with Crippen LogP contribution in [0.15, 0.2) is 18.2 Å². The molecule has 1 aromatic heterocycles. The van der Waals surface area contributed by atoms with Crippen LogP contribution in [0, 0.1) is 5.82 Å². The molecule has 0 saturated heterocycles. The highest BCUT2D eigenvalue weighted by Crippen LogP contribution is 2.39. The number of nitrogens with zero attached hydrogens (tertiary/aromatic N) is 2. The normalized spacial score (nSPS) is 15.0. The SMILES string of the molecule is O=C(O)CCCc1nc2ccc(F)cc2n1C1CC1. The van der Waals surface area contributed by atoms with Gasteiger partial charge >= 0.3 is 5.97 Å². The Bertz CT molecular complexity index is 632. The van der Waals surface area contributed by atoms with Gasteiger partial charge in [-0.25, -0.2) is 9.37 Å². The Morgan fingerprint density at radius 3 is 2.95 bits per heavy atom. The number of hydrogen-bond donors (Lipinski definition) is 1. The van der Waals surface area contributed by atoms with Gasteiger partial charge in [-0.1, -0.05) is 0 Å². The number of aromatic nitrogens is 2. The molecule has 2 aromatic rings. The molecular formula is C14H15FN2O2. The van der Waals surface area contributed by atoms with E-state index in [1.165, 1.54) is 12.1 Å². The fourth-order valence-electron chi connectivity index (χ4n) is 2.43. The van der Waals surface area contributed by atoms with Crippen LogP contribution in [0.2, 0.25) is 0 Å². The Morgan fingerprint density at radius 2 is 2.26 bits per heavy atom. The van der Waals surface area contributed by atoms with Gasteiger partial charge in [0, 0.05) is 18.9 Å². The lowest BCUT2D eigenvalue weighted by Gasteiger charge is -2.06. The van der Waals surface area contributed by atoms with Gasteiger partial charge in [0.25, 0.3) is 0 Å². The molecule has 1 saturated carbocycles. The van der Waals surface area contributed by atoms with Gasteiger partial charge in [0.15, 0.2) is 0 Å². The van der Waals surface area contributed by atoms with E-state index in [1.54, 1.807) is 6.07 Å². The van der Waals surface area contributed by atoms with E-state index in [-0.39, 0.29) is 12.2 Å². The van der Waals surface area contributed by atoms with E-state index in [4.69, 9.17) is 5.11 Å². The maximum absolute atomic E-state index is 13.3. The summed E-state index contributed by atoms with van der Waals surface area (Å²) in [6, 6.07) is 5.02. The van der Waals surface area contributed by atoms with Crippen LogP contribution in [0.4, 0.5) is 4.39 Å². The number of hydrogen-bond acceptors (Lipinski definition) is 2. The van der Waals surface area contributed by atoms with Gasteiger partial charge in [0.05, 0.1) is 11.0 Å². The summed E-state index contributed by atoms with van der Waals surface area (Å²) in [5.74, 6) is -0.170. The first-order valence-corrected chi connectivity index (χ1v) is 6.53. The van der Waals surface area contributed by atoms with Crippen molar-refractivity contribution >= 4 is 17.0 Å². The number of carboxylic acid groups (broad SMARTS) is 1. The summed E-state index contributed by atoms with van der Waals surface area (Å²) in [6.45, 7) is 0. The van der Waals surface area contributed by atoms with Gasteiger partial charge < -0.3 is 9.67 Å². The van der Waals surface area contributed by atoms with Crippen LogP contribution in [-0.2, 0) is 11.2 Å². The molecule has 1 aliphatic carbocycles. The zero-order valence-corrected chi connectivity index (χ0v) is 10.5. The first-order valence-electron chi connectivity index (χ1n) is 6.53. The lowest BCUT2D eigenvalue weighted by Crippen LogP contribution is -2.03. The average molecular weight is 262 g/mol. The summed E-state index contributed by atoms with van der Waals surface area (Å²) < 4.78 is 15.4. The molecule has 1 N–H and O–H groups in total. The summed E-state index contributed by atoms with van der Waals surface area (Å²) in [5.41, 5.74) is 1.62. The van der Waals surface area contributed by atoms with Gasteiger partial charge in [0.1, 0.15) is 11.6 Å². The number of rotatable bonds is 5. The molecule has 0 radical (unpaired) electrons. The van der Waals surface area contributed by atoms with Crippen LogP contribution in [0.3, 0.4) is 0 Å². The molecule has 0 bridgehead atoms. The van der Waals surface area contributed by atoms with Crippen LogP contribution < -0.4 is 0 Å². The Balaban J connectivity index is 1.93. The number of carbonyl (C=O) groups is 1. The van der Waals surface area contributed by atoms with Crippen molar-refractivity contribution in [2.45, 2.75) is 38.1 Å². The number of benzene rings is 1. The number of aliphatic carboxylic acids is 1. The van der Waals surface area contributed by atoms with Gasteiger partial charge in [-0.2, -0.15) is 0 Å². The summed E-state index contributed by atoms with van der Waals surface area (Å²) in [4.78, 5) is 15.1. The van der Waals surface area contributed by atoms with Crippen molar-refractivity contribution < 1.29 is 14.3 Å².